The summed E-state index contributed by atoms with van der Waals surface area (Å²) in [6.07, 6.45) is 3.73. The second-order valence-electron chi connectivity index (χ2n) is 7.71. The van der Waals surface area contributed by atoms with Gasteiger partial charge in [-0.3, -0.25) is 15.0 Å². The maximum absolute atomic E-state index is 14.6. The van der Waals surface area contributed by atoms with Crippen molar-refractivity contribution >= 4 is 11.9 Å². The molecule has 1 aliphatic carbocycles. The first kappa shape index (κ1) is 17.3. The Morgan fingerprint density at radius 3 is 2.58 bits per heavy atom. The second kappa shape index (κ2) is 6.54. The van der Waals surface area contributed by atoms with Crippen LogP contribution >= 0.6 is 0 Å². The predicted molar refractivity (Wildman–Crippen MR) is 93.1 cm³/mol. The molecule has 0 spiro atoms. The normalized spacial score (nSPS) is 27.3. The topological polar surface area (TPSA) is 70.7 Å². The summed E-state index contributed by atoms with van der Waals surface area (Å²) in [5.74, 6) is -0.0924. The summed E-state index contributed by atoms with van der Waals surface area (Å²) in [6, 6.07) is 4.90. The second-order valence-corrected chi connectivity index (χ2v) is 7.71. The first-order chi connectivity index (χ1) is 12.5. The number of piperidine rings is 1. The molecule has 0 bridgehead atoms. The molecule has 2 saturated heterocycles. The van der Waals surface area contributed by atoms with Gasteiger partial charge in [0.1, 0.15) is 5.54 Å². The molecule has 4 rings (SSSR count). The largest absolute Gasteiger partial charge is 0.487 e. The number of likely N-dealkylation sites (tertiary alicyclic amines) is 1. The highest BCUT2D eigenvalue weighted by atomic mass is 19.1. The molecule has 1 aromatic carbocycles. The Bertz CT molecular complexity index is 729. The van der Waals surface area contributed by atoms with Gasteiger partial charge in [0.25, 0.3) is 5.91 Å². The molecule has 1 unspecified atom stereocenters. The lowest BCUT2D eigenvalue weighted by Crippen LogP contribution is -2.53. The summed E-state index contributed by atoms with van der Waals surface area (Å²) < 4.78 is 20.3. The van der Waals surface area contributed by atoms with Gasteiger partial charge in [-0.25, -0.2) is 9.18 Å². The van der Waals surface area contributed by atoms with Crippen LogP contribution in [0.3, 0.4) is 0 Å². The number of carbonyl (C=O) groups is 2. The van der Waals surface area contributed by atoms with Crippen molar-refractivity contribution in [2.45, 2.75) is 50.8 Å². The number of amides is 3. The van der Waals surface area contributed by atoms with Gasteiger partial charge in [-0.1, -0.05) is 12.1 Å². The average molecular weight is 361 g/mol. The van der Waals surface area contributed by atoms with E-state index in [0.29, 0.717) is 17.9 Å². The number of hydrogen-bond acceptors (Lipinski definition) is 4. The van der Waals surface area contributed by atoms with E-state index in [1.165, 1.54) is 0 Å². The Kier molecular flexibility index (Phi) is 4.34. The molecule has 140 valence electrons. The highest BCUT2D eigenvalue weighted by Crippen LogP contribution is 2.33. The van der Waals surface area contributed by atoms with E-state index < -0.39 is 11.6 Å². The molecule has 6 nitrogen and oxygen atoms in total. The number of hydrogen-bond donors (Lipinski definition) is 2. The van der Waals surface area contributed by atoms with E-state index >= 15 is 0 Å². The SMILES string of the molecule is CC1(C2CCN(Cc3cccc(OC4CC4)c3F)CC2)NC(=O)NC1=O. The Morgan fingerprint density at radius 2 is 1.96 bits per heavy atom. The zero-order chi connectivity index (χ0) is 18.3. The molecule has 3 fully saturated rings. The number of imide groups is 1. The van der Waals surface area contributed by atoms with Crippen LogP contribution in [-0.4, -0.2) is 41.6 Å². The minimum absolute atomic E-state index is 0.0829. The van der Waals surface area contributed by atoms with E-state index in [1.807, 2.05) is 6.07 Å². The number of urea groups is 1. The molecule has 2 N–H and O–H groups in total. The molecule has 26 heavy (non-hydrogen) atoms. The van der Waals surface area contributed by atoms with E-state index in [1.54, 1.807) is 19.1 Å². The quantitative estimate of drug-likeness (QED) is 0.789. The fourth-order valence-corrected chi connectivity index (χ4v) is 3.89. The lowest BCUT2D eigenvalue weighted by atomic mass is 9.79. The molecule has 7 heteroatoms. The molecule has 2 heterocycles. The van der Waals surface area contributed by atoms with Crippen LogP contribution in [0, 0.1) is 11.7 Å². The summed E-state index contributed by atoms with van der Waals surface area (Å²) in [5.41, 5.74) is -0.202. The Hall–Kier alpha value is -2.15. The van der Waals surface area contributed by atoms with E-state index in [0.717, 1.165) is 38.8 Å². The summed E-state index contributed by atoms with van der Waals surface area (Å²) in [5, 5.41) is 5.08. The molecular formula is C19H24FN3O3. The molecule has 3 aliphatic rings. The number of rotatable bonds is 5. The van der Waals surface area contributed by atoms with E-state index in [9.17, 15) is 14.0 Å². The van der Waals surface area contributed by atoms with Crippen LogP contribution in [0.2, 0.25) is 0 Å². The maximum atomic E-state index is 14.6. The monoisotopic (exact) mass is 361 g/mol. The van der Waals surface area contributed by atoms with Gasteiger partial charge in [0.15, 0.2) is 11.6 Å². The number of carbonyl (C=O) groups excluding carboxylic acids is 2. The van der Waals surface area contributed by atoms with Gasteiger partial charge >= 0.3 is 6.03 Å². The van der Waals surface area contributed by atoms with Crippen LogP contribution in [-0.2, 0) is 11.3 Å². The molecule has 0 aromatic heterocycles. The van der Waals surface area contributed by atoms with Gasteiger partial charge in [0.05, 0.1) is 6.10 Å². The van der Waals surface area contributed by atoms with E-state index in [2.05, 4.69) is 15.5 Å². The molecule has 1 aromatic rings. The number of ether oxygens (including phenoxy) is 1. The smallest absolute Gasteiger partial charge is 0.322 e. The van der Waals surface area contributed by atoms with Gasteiger partial charge < -0.3 is 10.1 Å². The van der Waals surface area contributed by atoms with Crippen molar-refractivity contribution in [1.82, 2.24) is 15.5 Å². The van der Waals surface area contributed by atoms with Crippen molar-refractivity contribution in [3.05, 3.63) is 29.6 Å². The van der Waals surface area contributed by atoms with Crippen molar-refractivity contribution in [2.24, 2.45) is 5.92 Å². The third kappa shape index (κ3) is 3.28. The Morgan fingerprint density at radius 1 is 1.23 bits per heavy atom. The van der Waals surface area contributed by atoms with E-state index in [4.69, 9.17) is 4.74 Å². The standard InChI is InChI=1S/C19H24FN3O3/c1-19(17(24)21-18(25)22-19)13-7-9-23(10-8-13)11-12-3-2-4-15(16(12)20)26-14-5-6-14/h2-4,13-14H,5-11H2,1H3,(H2,21,22,24,25). The number of nitrogens with zero attached hydrogens (tertiary/aromatic N) is 1. The zero-order valence-electron chi connectivity index (χ0n) is 14.9. The van der Waals surface area contributed by atoms with Crippen molar-refractivity contribution in [2.75, 3.05) is 13.1 Å². The minimum Gasteiger partial charge on any atom is -0.487 e. The molecule has 3 amide bonds. The average Bonchev–Trinajstić information content (AvgIpc) is 3.38. The van der Waals surface area contributed by atoms with Gasteiger partial charge in [-0.15, -0.1) is 0 Å². The number of nitrogens with one attached hydrogen (secondary N) is 2. The number of benzene rings is 1. The van der Waals surface area contributed by atoms with E-state index in [-0.39, 0.29) is 23.7 Å². The minimum atomic E-state index is -0.841. The maximum Gasteiger partial charge on any atom is 0.322 e. The van der Waals surface area contributed by atoms with Gasteiger partial charge in [0.2, 0.25) is 0 Å². The number of halogens is 1. The van der Waals surface area contributed by atoms with Crippen LogP contribution in [0.4, 0.5) is 9.18 Å². The fraction of sp³-hybridized carbons (Fsp3) is 0.579. The van der Waals surface area contributed by atoms with Crippen LogP contribution < -0.4 is 15.4 Å². The first-order valence-corrected chi connectivity index (χ1v) is 9.25. The zero-order valence-corrected chi connectivity index (χ0v) is 14.9. The summed E-state index contributed by atoms with van der Waals surface area (Å²) in [7, 11) is 0. The van der Waals surface area contributed by atoms with Crippen LogP contribution in [0.25, 0.3) is 0 Å². The summed E-state index contributed by atoms with van der Waals surface area (Å²) in [6.45, 7) is 3.83. The van der Waals surface area contributed by atoms with Crippen molar-refractivity contribution in [3.63, 3.8) is 0 Å². The van der Waals surface area contributed by atoms with Gasteiger partial charge in [-0.05, 0) is 57.7 Å². The van der Waals surface area contributed by atoms with Gasteiger partial charge in [-0.2, -0.15) is 0 Å². The lowest BCUT2D eigenvalue weighted by molar-refractivity contribution is -0.125. The van der Waals surface area contributed by atoms with Crippen LogP contribution in [0.1, 0.15) is 38.2 Å². The van der Waals surface area contributed by atoms with Crippen molar-refractivity contribution < 1.29 is 18.7 Å². The third-order valence-electron chi connectivity index (χ3n) is 5.73. The first-order valence-electron chi connectivity index (χ1n) is 9.25. The van der Waals surface area contributed by atoms with Crippen LogP contribution in [0.5, 0.6) is 5.75 Å². The summed E-state index contributed by atoms with van der Waals surface area (Å²) >= 11 is 0. The lowest BCUT2D eigenvalue weighted by Gasteiger charge is -2.38. The summed E-state index contributed by atoms with van der Waals surface area (Å²) in [4.78, 5) is 25.7. The molecule has 2 aliphatic heterocycles. The predicted octanol–water partition coefficient (Wildman–Crippen LogP) is 2.18. The Balaban J connectivity index is 1.37. The fourth-order valence-electron chi connectivity index (χ4n) is 3.89. The third-order valence-corrected chi connectivity index (χ3v) is 5.73. The van der Waals surface area contributed by atoms with Crippen molar-refractivity contribution in [1.29, 1.82) is 0 Å². The Labute approximate surface area is 152 Å². The van der Waals surface area contributed by atoms with Gasteiger partial charge in [0, 0.05) is 12.1 Å². The highest BCUT2D eigenvalue weighted by molar-refractivity contribution is 6.06. The molecule has 1 saturated carbocycles. The van der Waals surface area contributed by atoms with Crippen molar-refractivity contribution in [3.8, 4) is 5.75 Å². The highest BCUT2D eigenvalue weighted by Gasteiger charge is 2.48. The molecular weight excluding hydrogens is 337 g/mol. The van der Waals surface area contributed by atoms with Crippen LogP contribution in [0.15, 0.2) is 18.2 Å². The molecule has 0 radical (unpaired) electrons. The molecule has 1 atom stereocenters.